The Balaban J connectivity index is 1.50. The van der Waals surface area contributed by atoms with E-state index in [1.807, 2.05) is 12.1 Å². The van der Waals surface area contributed by atoms with Crippen molar-refractivity contribution in [1.29, 1.82) is 0 Å². The number of piperidine rings is 1. The van der Waals surface area contributed by atoms with E-state index in [0.29, 0.717) is 18.3 Å². The minimum absolute atomic E-state index is 0.296. The number of nitrogens with one attached hydrogen (secondary N) is 2. The Morgan fingerprint density at radius 2 is 1.96 bits per heavy atom. The van der Waals surface area contributed by atoms with Crippen LogP contribution in [0.15, 0.2) is 29.3 Å². The van der Waals surface area contributed by atoms with Crippen molar-refractivity contribution in [1.82, 2.24) is 15.5 Å². The second-order valence-corrected chi connectivity index (χ2v) is 7.26. The van der Waals surface area contributed by atoms with Crippen molar-refractivity contribution in [2.45, 2.75) is 64.1 Å². The smallest absolute Gasteiger partial charge is 0.191 e. The molecule has 0 unspecified atom stereocenters. The third-order valence-corrected chi connectivity index (χ3v) is 5.39. The minimum atomic E-state index is 0.296. The molecule has 1 saturated carbocycles. The van der Waals surface area contributed by atoms with E-state index in [4.69, 9.17) is 0 Å². The highest BCUT2D eigenvalue weighted by molar-refractivity contribution is 5.80. The predicted molar refractivity (Wildman–Crippen MR) is 103 cm³/mol. The zero-order chi connectivity index (χ0) is 17.5. The number of aromatic hydroxyl groups is 1. The van der Waals surface area contributed by atoms with Gasteiger partial charge in [-0.2, -0.15) is 0 Å². The van der Waals surface area contributed by atoms with Gasteiger partial charge in [0.1, 0.15) is 5.75 Å². The van der Waals surface area contributed by atoms with E-state index in [1.165, 1.54) is 51.6 Å². The summed E-state index contributed by atoms with van der Waals surface area (Å²) in [5.41, 5.74) is 1.02. The molecule has 138 valence electrons. The molecule has 0 atom stereocenters. The van der Waals surface area contributed by atoms with E-state index in [1.54, 1.807) is 12.1 Å². The largest absolute Gasteiger partial charge is 0.508 e. The van der Waals surface area contributed by atoms with Crippen LogP contribution in [-0.4, -0.2) is 47.7 Å². The van der Waals surface area contributed by atoms with Gasteiger partial charge in [-0.25, -0.2) is 4.99 Å². The molecule has 0 radical (unpaired) electrons. The number of phenolic OH excluding ortho intramolecular Hbond substituents is 1. The average molecular weight is 345 g/mol. The highest BCUT2D eigenvalue weighted by Gasteiger charge is 2.27. The molecule has 1 saturated heterocycles. The van der Waals surface area contributed by atoms with Gasteiger partial charge in [0, 0.05) is 31.7 Å². The van der Waals surface area contributed by atoms with Crippen LogP contribution in [0.2, 0.25) is 0 Å². The van der Waals surface area contributed by atoms with Crippen LogP contribution in [0.1, 0.15) is 51.0 Å². The highest BCUT2D eigenvalue weighted by atomic mass is 16.3. The summed E-state index contributed by atoms with van der Waals surface area (Å²) < 4.78 is 0. The molecule has 2 aliphatic rings. The lowest BCUT2D eigenvalue weighted by Crippen LogP contribution is -2.50. The third-order valence-electron chi connectivity index (χ3n) is 5.39. The molecule has 1 aromatic carbocycles. The summed E-state index contributed by atoms with van der Waals surface area (Å²) in [4.78, 5) is 7.38. The van der Waals surface area contributed by atoms with Crippen LogP contribution in [0.25, 0.3) is 0 Å². The van der Waals surface area contributed by atoms with Crippen LogP contribution in [0.4, 0.5) is 0 Å². The van der Waals surface area contributed by atoms with Crippen molar-refractivity contribution in [3.63, 3.8) is 0 Å². The maximum absolute atomic E-state index is 9.57. The second-order valence-electron chi connectivity index (χ2n) is 7.26. The number of rotatable bonds is 5. The monoisotopic (exact) mass is 344 g/mol. The van der Waals surface area contributed by atoms with Gasteiger partial charge in [-0.05, 0) is 50.3 Å². The zero-order valence-corrected chi connectivity index (χ0v) is 15.4. The third kappa shape index (κ3) is 5.36. The van der Waals surface area contributed by atoms with Crippen molar-refractivity contribution in [2.75, 3.05) is 19.6 Å². The molecule has 0 aromatic heterocycles. The van der Waals surface area contributed by atoms with Gasteiger partial charge in [0.25, 0.3) is 0 Å². The summed E-state index contributed by atoms with van der Waals surface area (Å²) in [6, 6.07) is 8.65. The molecule has 5 nitrogen and oxygen atoms in total. The SMILES string of the molecule is CCNC(=NCc1cccc(O)c1)NC1CCN(C2CCCC2)CC1. The maximum atomic E-state index is 9.57. The maximum Gasteiger partial charge on any atom is 0.191 e. The van der Waals surface area contributed by atoms with E-state index in [9.17, 15) is 5.11 Å². The van der Waals surface area contributed by atoms with E-state index >= 15 is 0 Å². The highest BCUT2D eigenvalue weighted by Crippen LogP contribution is 2.26. The summed E-state index contributed by atoms with van der Waals surface area (Å²) in [6.45, 7) is 5.92. The Labute approximate surface area is 151 Å². The van der Waals surface area contributed by atoms with Crippen molar-refractivity contribution >= 4 is 5.96 Å². The van der Waals surface area contributed by atoms with Crippen LogP contribution in [0.5, 0.6) is 5.75 Å². The molecule has 0 spiro atoms. The molecule has 25 heavy (non-hydrogen) atoms. The van der Waals surface area contributed by atoms with Crippen LogP contribution < -0.4 is 10.6 Å². The van der Waals surface area contributed by atoms with Gasteiger partial charge in [0.05, 0.1) is 6.54 Å². The van der Waals surface area contributed by atoms with Crippen LogP contribution in [0.3, 0.4) is 0 Å². The van der Waals surface area contributed by atoms with Crippen molar-refractivity contribution in [3.05, 3.63) is 29.8 Å². The normalized spacial score (nSPS) is 20.8. The molecular weight excluding hydrogens is 312 g/mol. The van der Waals surface area contributed by atoms with Crippen LogP contribution >= 0.6 is 0 Å². The number of hydrogen-bond donors (Lipinski definition) is 3. The van der Waals surface area contributed by atoms with Gasteiger partial charge in [-0.1, -0.05) is 25.0 Å². The molecule has 3 rings (SSSR count). The molecule has 5 heteroatoms. The summed E-state index contributed by atoms with van der Waals surface area (Å²) in [5, 5.41) is 16.5. The number of nitrogens with zero attached hydrogens (tertiary/aromatic N) is 2. The average Bonchev–Trinajstić information content (AvgIpc) is 3.15. The lowest BCUT2D eigenvalue weighted by molar-refractivity contribution is 0.150. The first kappa shape index (κ1) is 18.1. The minimum Gasteiger partial charge on any atom is -0.508 e. The summed E-state index contributed by atoms with van der Waals surface area (Å²) in [7, 11) is 0. The van der Waals surface area contributed by atoms with Gasteiger partial charge in [0.15, 0.2) is 5.96 Å². The Morgan fingerprint density at radius 3 is 2.64 bits per heavy atom. The fraction of sp³-hybridized carbons (Fsp3) is 0.650. The van der Waals surface area contributed by atoms with Crippen molar-refractivity contribution < 1.29 is 5.11 Å². The first-order chi connectivity index (χ1) is 12.2. The molecule has 1 aromatic rings. The Bertz CT molecular complexity index is 561. The summed E-state index contributed by atoms with van der Waals surface area (Å²) in [6.07, 6.45) is 7.99. The standard InChI is InChI=1S/C20H32N4O/c1-2-21-20(22-15-16-6-5-9-19(25)14-16)23-17-10-12-24(13-11-17)18-7-3-4-8-18/h5-6,9,14,17-18,25H,2-4,7-8,10-13,15H2,1H3,(H2,21,22,23). The number of likely N-dealkylation sites (tertiary alicyclic amines) is 1. The first-order valence-electron chi connectivity index (χ1n) is 9.81. The summed E-state index contributed by atoms with van der Waals surface area (Å²) in [5.74, 6) is 1.18. The van der Waals surface area contributed by atoms with Gasteiger partial charge in [-0.15, -0.1) is 0 Å². The molecule has 0 bridgehead atoms. The Kier molecular flexibility index (Phi) is 6.56. The first-order valence-corrected chi connectivity index (χ1v) is 9.81. The summed E-state index contributed by atoms with van der Waals surface area (Å²) >= 11 is 0. The Hall–Kier alpha value is -1.75. The van der Waals surface area contributed by atoms with E-state index in [2.05, 4.69) is 27.4 Å². The van der Waals surface area contributed by atoms with E-state index in [-0.39, 0.29) is 0 Å². The molecular formula is C20H32N4O. The number of guanidine groups is 1. The molecule has 1 heterocycles. The second kappa shape index (κ2) is 9.09. The van der Waals surface area contributed by atoms with Crippen molar-refractivity contribution in [2.24, 2.45) is 4.99 Å². The Morgan fingerprint density at radius 1 is 1.20 bits per heavy atom. The number of phenols is 1. The zero-order valence-electron chi connectivity index (χ0n) is 15.4. The fourth-order valence-electron chi connectivity index (χ4n) is 4.02. The molecule has 0 amide bonds. The van der Waals surface area contributed by atoms with E-state index in [0.717, 1.165) is 24.1 Å². The number of hydrogen-bond acceptors (Lipinski definition) is 3. The quantitative estimate of drug-likeness (QED) is 0.568. The van der Waals surface area contributed by atoms with Gasteiger partial charge in [-0.3, -0.25) is 0 Å². The molecule has 3 N–H and O–H groups in total. The molecule has 1 aliphatic carbocycles. The topological polar surface area (TPSA) is 59.9 Å². The van der Waals surface area contributed by atoms with Gasteiger partial charge in [0.2, 0.25) is 0 Å². The van der Waals surface area contributed by atoms with Crippen LogP contribution in [0, 0.1) is 0 Å². The lowest BCUT2D eigenvalue weighted by Gasteiger charge is -2.36. The molecule has 2 fully saturated rings. The van der Waals surface area contributed by atoms with Crippen LogP contribution in [-0.2, 0) is 6.54 Å². The lowest BCUT2D eigenvalue weighted by atomic mass is 10.0. The fourth-order valence-corrected chi connectivity index (χ4v) is 4.02. The van der Waals surface area contributed by atoms with Gasteiger partial charge < -0.3 is 20.6 Å². The molecule has 1 aliphatic heterocycles. The van der Waals surface area contributed by atoms with E-state index < -0.39 is 0 Å². The van der Waals surface area contributed by atoms with Gasteiger partial charge >= 0.3 is 0 Å². The number of benzene rings is 1. The number of aliphatic imine (C=N–C) groups is 1. The van der Waals surface area contributed by atoms with Crippen molar-refractivity contribution in [3.8, 4) is 5.75 Å². The predicted octanol–water partition coefficient (Wildman–Crippen LogP) is 2.85.